The molecule has 0 aromatic heterocycles. The van der Waals surface area contributed by atoms with E-state index in [-0.39, 0.29) is 0 Å². The van der Waals surface area contributed by atoms with Gasteiger partial charge in [-0.15, -0.1) is 0 Å². The Labute approximate surface area is 143 Å². The van der Waals surface area contributed by atoms with Crippen LogP contribution in [0.25, 0.3) is 0 Å². The van der Waals surface area contributed by atoms with Crippen molar-refractivity contribution in [2.45, 2.75) is 46.3 Å². The standard InChI is InChI=1S/C20H25NO3/c1-5-15-8-6-10-17(12-15)23-18-11-7-9-16(13-18)14-21-19(22)24-20(2,3)4/h6-13H,5,14H2,1-4H3,(H,21,22). The molecule has 0 bridgehead atoms. The van der Waals surface area contributed by atoms with Gasteiger partial charge in [0, 0.05) is 6.54 Å². The van der Waals surface area contributed by atoms with E-state index in [1.165, 1.54) is 5.56 Å². The summed E-state index contributed by atoms with van der Waals surface area (Å²) >= 11 is 0. The number of rotatable bonds is 5. The summed E-state index contributed by atoms with van der Waals surface area (Å²) in [6.45, 7) is 8.02. The highest BCUT2D eigenvalue weighted by Crippen LogP contribution is 2.23. The highest BCUT2D eigenvalue weighted by Gasteiger charge is 2.15. The van der Waals surface area contributed by atoms with Gasteiger partial charge >= 0.3 is 6.09 Å². The van der Waals surface area contributed by atoms with Gasteiger partial charge in [0.1, 0.15) is 17.1 Å². The van der Waals surface area contributed by atoms with E-state index >= 15 is 0 Å². The van der Waals surface area contributed by atoms with Crippen molar-refractivity contribution >= 4 is 6.09 Å². The van der Waals surface area contributed by atoms with Crippen LogP contribution in [0.5, 0.6) is 11.5 Å². The zero-order valence-corrected chi connectivity index (χ0v) is 14.8. The van der Waals surface area contributed by atoms with Crippen LogP contribution in [0.3, 0.4) is 0 Å². The van der Waals surface area contributed by atoms with Crippen molar-refractivity contribution in [1.29, 1.82) is 0 Å². The lowest BCUT2D eigenvalue weighted by Crippen LogP contribution is -2.32. The van der Waals surface area contributed by atoms with E-state index in [1.54, 1.807) is 0 Å². The van der Waals surface area contributed by atoms with Crippen molar-refractivity contribution in [1.82, 2.24) is 5.32 Å². The van der Waals surface area contributed by atoms with Crippen molar-refractivity contribution in [2.75, 3.05) is 0 Å². The average molecular weight is 327 g/mol. The van der Waals surface area contributed by atoms with Crippen LogP contribution in [-0.2, 0) is 17.7 Å². The summed E-state index contributed by atoms with van der Waals surface area (Å²) in [5.41, 5.74) is 1.68. The lowest BCUT2D eigenvalue weighted by Gasteiger charge is -2.19. The number of hydrogen-bond acceptors (Lipinski definition) is 3. The predicted octanol–water partition coefficient (Wildman–Crippen LogP) is 5.07. The van der Waals surface area contributed by atoms with E-state index in [0.29, 0.717) is 6.54 Å². The number of aryl methyl sites for hydroxylation is 1. The fraction of sp³-hybridized carbons (Fsp3) is 0.350. The largest absolute Gasteiger partial charge is 0.457 e. The lowest BCUT2D eigenvalue weighted by molar-refractivity contribution is 0.0523. The van der Waals surface area contributed by atoms with Crippen LogP contribution in [0.4, 0.5) is 4.79 Å². The molecule has 0 saturated heterocycles. The zero-order valence-electron chi connectivity index (χ0n) is 14.8. The average Bonchev–Trinajstić information content (AvgIpc) is 2.52. The van der Waals surface area contributed by atoms with Crippen LogP contribution in [0.2, 0.25) is 0 Å². The van der Waals surface area contributed by atoms with Gasteiger partial charge in [0.2, 0.25) is 0 Å². The maximum Gasteiger partial charge on any atom is 0.407 e. The third-order valence-corrected chi connectivity index (χ3v) is 3.28. The number of nitrogens with one attached hydrogen (secondary N) is 1. The molecule has 1 amide bonds. The van der Waals surface area contributed by atoms with E-state index in [1.807, 2.05) is 63.2 Å². The molecule has 0 heterocycles. The van der Waals surface area contributed by atoms with Crippen molar-refractivity contribution in [3.63, 3.8) is 0 Å². The van der Waals surface area contributed by atoms with Crippen LogP contribution >= 0.6 is 0 Å². The molecule has 4 nitrogen and oxygen atoms in total. The Morgan fingerprint density at radius 2 is 1.58 bits per heavy atom. The molecule has 0 radical (unpaired) electrons. The second-order valence-electron chi connectivity index (χ2n) is 6.61. The topological polar surface area (TPSA) is 47.6 Å². The summed E-state index contributed by atoms with van der Waals surface area (Å²) in [7, 11) is 0. The van der Waals surface area contributed by atoms with E-state index < -0.39 is 11.7 Å². The molecular formula is C20H25NO3. The maximum atomic E-state index is 11.7. The molecule has 2 aromatic carbocycles. The summed E-state index contributed by atoms with van der Waals surface area (Å²) in [5, 5.41) is 2.75. The van der Waals surface area contributed by atoms with Gasteiger partial charge in [-0.05, 0) is 62.6 Å². The Kier molecular flexibility index (Phi) is 5.85. The molecule has 0 fully saturated rings. The van der Waals surface area contributed by atoms with E-state index in [9.17, 15) is 4.79 Å². The highest BCUT2D eigenvalue weighted by atomic mass is 16.6. The highest BCUT2D eigenvalue weighted by molar-refractivity contribution is 5.67. The molecule has 0 aliphatic heterocycles. The fourth-order valence-corrected chi connectivity index (χ4v) is 2.17. The van der Waals surface area contributed by atoms with E-state index in [4.69, 9.17) is 9.47 Å². The maximum absolute atomic E-state index is 11.7. The van der Waals surface area contributed by atoms with Crippen LogP contribution < -0.4 is 10.1 Å². The molecule has 24 heavy (non-hydrogen) atoms. The first kappa shape index (κ1) is 17.9. The normalized spacial score (nSPS) is 11.0. The number of hydrogen-bond donors (Lipinski definition) is 1. The molecule has 1 N–H and O–H groups in total. The van der Waals surface area contributed by atoms with Crippen LogP contribution in [0.1, 0.15) is 38.8 Å². The Bertz CT molecular complexity index is 689. The Morgan fingerprint density at radius 1 is 1.00 bits per heavy atom. The summed E-state index contributed by atoms with van der Waals surface area (Å²) in [5.74, 6) is 1.55. The predicted molar refractivity (Wildman–Crippen MR) is 95.4 cm³/mol. The number of amides is 1. The first-order chi connectivity index (χ1) is 11.4. The van der Waals surface area contributed by atoms with E-state index in [2.05, 4.69) is 18.3 Å². The lowest BCUT2D eigenvalue weighted by atomic mass is 10.1. The minimum absolute atomic E-state index is 0.390. The molecule has 4 heteroatoms. The number of benzene rings is 2. The molecule has 0 aliphatic rings. The van der Waals surface area contributed by atoms with Crippen molar-refractivity contribution in [3.05, 3.63) is 59.7 Å². The number of ether oxygens (including phenoxy) is 2. The summed E-state index contributed by atoms with van der Waals surface area (Å²) < 4.78 is 11.1. The summed E-state index contributed by atoms with van der Waals surface area (Å²) in [4.78, 5) is 11.7. The first-order valence-electron chi connectivity index (χ1n) is 8.18. The minimum Gasteiger partial charge on any atom is -0.457 e. The van der Waals surface area contributed by atoms with Crippen LogP contribution in [0, 0.1) is 0 Å². The Morgan fingerprint density at radius 3 is 2.17 bits per heavy atom. The first-order valence-corrected chi connectivity index (χ1v) is 8.18. The third kappa shape index (κ3) is 5.95. The van der Waals surface area contributed by atoms with Gasteiger partial charge in [0.15, 0.2) is 0 Å². The van der Waals surface area contributed by atoms with Gasteiger partial charge in [0.25, 0.3) is 0 Å². The molecule has 0 atom stereocenters. The quantitative estimate of drug-likeness (QED) is 0.834. The monoisotopic (exact) mass is 327 g/mol. The summed E-state index contributed by atoms with van der Waals surface area (Å²) in [6.07, 6.45) is 0.543. The minimum atomic E-state index is -0.501. The molecule has 0 aliphatic carbocycles. The number of carbonyl (C=O) groups excluding carboxylic acids is 1. The van der Waals surface area contributed by atoms with Crippen molar-refractivity contribution in [3.8, 4) is 11.5 Å². The smallest absolute Gasteiger partial charge is 0.407 e. The van der Waals surface area contributed by atoms with Gasteiger partial charge in [-0.2, -0.15) is 0 Å². The molecular weight excluding hydrogens is 302 g/mol. The number of carbonyl (C=O) groups is 1. The summed E-state index contributed by atoms with van der Waals surface area (Å²) in [6, 6.07) is 15.7. The Hall–Kier alpha value is -2.49. The van der Waals surface area contributed by atoms with Gasteiger partial charge in [-0.3, -0.25) is 0 Å². The SMILES string of the molecule is CCc1cccc(Oc2cccc(CNC(=O)OC(C)(C)C)c2)c1. The van der Waals surface area contributed by atoms with Gasteiger partial charge < -0.3 is 14.8 Å². The Balaban J connectivity index is 1.97. The molecule has 0 unspecified atom stereocenters. The van der Waals surface area contributed by atoms with Crippen molar-refractivity contribution in [2.24, 2.45) is 0 Å². The molecule has 2 rings (SSSR count). The second-order valence-corrected chi connectivity index (χ2v) is 6.61. The van der Waals surface area contributed by atoms with Gasteiger partial charge in [0.05, 0.1) is 0 Å². The van der Waals surface area contributed by atoms with Crippen LogP contribution in [-0.4, -0.2) is 11.7 Å². The molecule has 0 saturated carbocycles. The third-order valence-electron chi connectivity index (χ3n) is 3.28. The van der Waals surface area contributed by atoms with Gasteiger partial charge in [-0.25, -0.2) is 4.79 Å². The van der Waals surface area contributed by atoms with Crippen molar-refractivity contribution < 1.29 is 14.3 Å². The fourth-order valence-electron chi connectivity index (χ4n) is 2.17. The second kappa shape index (κ2) is 7.86. The van der Waals surface area contributed by atoms with Crippen LogP contribution in [0.15, 0.2) is 48.5 Å². The molecule has 128 valence electrons. The molecule has 0 spiro atoms. The zero-order chi connectivity index (χ0) is 17.6. The van der Waals surface area contributed by atoms with Gasteiger partial charge in [-0.1, -0.05) is 31.2 Å². The number of alkyl carbamates (subject to hydrolysis) is 1. The molecule has 2 aromatic rings. The van der Waals surface area contributed by atoms with E-state index in [0.717, 1.165) is 23.5 Å².